The van der Waals surface area contributed by atoms with Gasteiger partial charge in [0.05, 0.1) is 5.92 Å². The number of para-hydroxylation sites is 1. The van der Waals surface area contributed by atoms with Crippen molar-refractivity contribution in [3.8, 4) is 11.5 Å². The van der Waals surface area contributed by atoms with E-state index < -0.39 is 0 Å². The monoisotopic (exact) mass is 386 g/mol. The lowest BCUT2D eigenvalue weighted by atomic mass is 10.1. The van der Waals surface area contributed by atoms with Gasteiger partial charge >= 0.3 is 0 Å². The Kier molecular flexibility index (Phi) is 5.29. The maximum absolute atomic E-state index is 12.7. The van der Waals surface area contributed by atoms with Gasteiger partial charge in [-0.1, -0.05) is 30.3 Å². The molecule has 1 fully saturated rings. The molecule has 0 saturated carbocycles. The number of benzene rings is 3. The fourth-order valence-electron chi connectivity index (χ4n) is 3.40. The Morgan fingerprint density at radius 1 is 0.966 bits per heavy atom. The van der Waals surface area contributed by atoms with Crippen molar-refractivity contribution in [2.75, 3.05) is 16.8 Å². The average Bonchev–Trinajstić information content (AvgIpc) is 3.12. The second kappa shape index (κ2) is 8.19. The molecule has 1 N–H and O–H groups in total. The van der Waals surface area contributed by atoms with Crippen LogP contribution in [-0.2, 0) is 9.59 Å². The predicted octanol–water partition coefficient (Wildman–Crippen LogP) is 4.78. The first-order valence-electron chi connectivity index (χ1n) is 9.59. The van der Waals surface area contributed by atoms with E-state index in [1.807, 2.05) is 73.7 Å². The van der Waals surface area contributed by atoms with Crippen LogP contribution in [0.1, 0.15) is 12.0 Å². The average molecular weight is 386 g/mol. The zero-order valence-corrected chi connectivity index (χ0v) is 16.2. The molecule has 1 saturated heterocycles. The number of anilines is 2. The Labute approximate surface area is 169 Å². The van der Waals surface area contributed by atoms with Gasteiger partial charge < -0.3 is 15.0 Å². The molecular weight excluding hydrogens is 364 g/mol. The zero-order valence-electron chi connectivity index (χ0n) is 16.2. The Hall–Kier alpha value is -3.60. The van der Waals surface area contributed by atoms with Crippen LogP contribution in [0, 0.1) is 12.8 Å². The lowest BCUT2D eigenvalue weighted by Gasteiger charge is -2.17. The molecule has 2 amide bonds. The molecule has 5 nitrogen and oxygen atoms in total. The third-order valence-electron chi connectivity index (χ3n) is 4.91. The minimum atomic E-state index is -0.372. The van der Waals surface area contributed by atoms with Crippen molar-refractivity contribution in [1.29, 1.82) is 0 Å². The van der Waals surface area contributed by atoms with Crippen LogP contribution in [0.4, 0.5) is 11.4 Å². The van der Waals surface area contributed by atoms with E-state index in [0.29, 0.717) is 18.0 Å². The highest BCUT2D eigenvalue weighted by atomic mass is 16.5. The molecule has 0 radical (unpaired) electrons. The van der Waals surface area contributed by atoms with E-state index in [1.54, 1.807) is 17.0 Å². The summed E-state index contributed by atoms with van der Waals surface area (Å²) in [4.78, 5) is 26.7. The number of carbonyl (C=O) groups excluding carboxylic acids is 2. The number of hydrogen-bond acceptors (Lipinski definition) is 3. The molecule has 3 aromatic carbocycles. The lowest BCUT2D eigenvalue weighted by molar-refractivity contribution is -0.122. The molecule has 29 heavy (non-hydrogen) atoms. The summed E-state index contributed by atoms with van der Waals surface area (Å²) in [5, 5.41) is 2.91. The van der Waals surface area contributed by atoms with E-state index in [-0.39, 0.29) is 24.2 Å². The van der Waals surface area contributed by atoms with E-state index in [9.17, 15) is 9.59 Å². The molecule has 1 unspecified atom stereocenters. The van der Waals surface area contributed by atoms with Gasteiger partial charge in [-0.05, 0) is 61.0 Å². The SMILES string of the molecule is Cc1cccc(N2CC(C(=O)Nc3ccc(Oc4ccccc4)cc3)CC2=O)c1. The number of ether oxygens (including phenoxy) is 1. The Balaban J connectivity index is 1.37. The van der Waals surface area contributed by atoms with Crippen molar-refractivity contribution in [2.24, 2.45) is 5.92 Å². The smallest absolute Gasteiger partial charge is 0.229 e. The molecule has 1 atom stereocenters. The highest BCUT2D eigenvalue weighted by Crippen LogP contribution is 2.27. The van der Waals surface area contributed by atoms with Crippen LogP contribution < -0.4 is 15.0 Å². The molecule has 4 rings (SSSR count). The Morgan fingerprint density at radius 3 is 2.41 bits per heavy atom. The molecule has 0 spiro atoms. The largest absolute Gasteiger partial charge is 0.457 e. The van der Waals surface area contributed by atoms with Gasteiger partial charge in [0.1, 0.15) is 11.5 Å². The molecule has 0 bridgehead atoms. The molecule has 5 heteroatoms. The highest BCUT2D eigenvalue weighted by Gasteiger charge is 2.35. The maximum Gasteiger partial charge on any atom is 0.229 e. The van der Waals surface area contributed by atoms with Gasteiger partial charge in [-0.2, -0.15) is 0 Å². The fourth-order valence-corrected chi connectivity index (χ4v) is 3.40. The number of rotatable bonds is 5. The summed E-state index contributed by atoms with van der Waals surface area (Å²) >= 11 is 0. The maximum atomic E-state index is 12.7. The summed E-state index contributed by atoms with van der Waals surface area (Å²) in [7, 11) is 0. The number of carbonyl (C=O) groups is 2. The first-order chi connectivity index (χ1) is 14.1. The van der Waals surface area contributed by atoms with Crippen LogP contribution in [0.15, 0.2) is 78.9 Å². The highest BCUT2D eigenvalue weighted by molar-refractivity contribution is 6.03. The second-order valence-corrected chi connectivity index (χ2v) is 7.17. The predicted molar refractivity (Wildman–Crippen MR) is 113 cm³/mol. The molecule has 1 heterocycles. The van der Waals surface area contributed by atoms with Crippen LogP contribution in [0.25, 0.3) is 0 Å². The van der Waals surface area contributed by atoms with Gasteiger partial charge in [-0.3, -0.25) is 9.59 Å². The first kappa shape index (κ1) is 18.7. The molecule has 1 aliphatic heterocycles. The van der Waals surface area contributed by atoms with E-state index >= 15 is 0 Å². The van der Waals surface area contributed by atoms with E-state index in [1.165, 1.54) is 0 Å². The topological polar surface area (TPSA) is 58.6 Å². The number of hydrogen-bond donors (Lipinski definition) is 1. The second-order valence-electron chi connectivity index (χ2n) is 7.17. The number of nitrogens with one attached hydrogen (secondary N) is 1. The summed E-state index contributed by atoms with van der Waals surface area (Å²) < 4.78 is 5.76. The molecule has 0 aromatic heterocycles. The van der Waals surface area contributed by atoms with E-state index in [2.05, 4.69) is 5.32 Å². The van der Waals surface area contributed by atoms with E-state index in [4.69, 9.17) is 4.74 Å². The molecular formula is C24H22N2O3. The van der Waals surface area contributed by atoms with Gasteiger partial charge in [-0.25, -0.2) is 0 Å². The lowest BCUT2D eigenvalue weighted by Crippen LogP contribution is -2.28. The van der Waals surface area contributed by atoms with E-state index in [0.717, 1.165) is 17.0 Å². The normalized spacial score (nSPS) is 16.0. The van der Waals surface area contributed by atoms with Crippen LogP contribution in [-0.4, -0.2) is 18.4 Å². The van der Waals surface area contributed by atoms with Crippen LogP contribution in [0.3, 0.4) is 0 Å². The summed E-state index contributed by atoms with van der Waals surface area (Å²) in [6, 6.07) is 24.5. The quantitative estimate of drug-likeness (QED) is 0.687. The summed E-state index contributed by atoms with van der Waals surface area (Å²) in [6.07, 6.45) is 0.217. The summed E-state index contributed by atoms with van der Waals surface area (Å²) in [6.45, 7) is 2.38. The third kappa shape index (κ3) is 4.46. The zero-order chi connectivity index (χ0) is 20.2. The number of aryl methyl sites for hydroxylation is 1. The van der Waals surface area contributed by atoms with Crippen molar-refractivity contribution in [3.63, 3.8) is 0 Å². The molecule has 0 aliphatic carbocycles. The van der Waals surface area contributed by atoms with Gasteiger partial charge in [0.25, 0.3) is 0 Å². The van der Waals surface area contributed by atoms with Gasteiger partial charge in [0.2, 0.25) is 11.8 Å². The number of nitrogens with zero attached hydrogens (tertiary/aromatic N) is 1. The minimum Gasteiger partial charge on any atom is -0.457 e. The van der Waals surface area contributed by atoms with Crippen LogP contribution in [0.5, 0.6) is 11.5 Å². The van der Waals surface area contributed by atoms with Gasteiger partial charge in [0, 0.05) is 24.3 Å². The summed E-state index contributed by atoms with van der Waals surface area (Å²) in [5.74, 6) is 0.900. The number of amides is 2. The Morgan fingerprint density at radius 2 is 1.69 bits per heavy atom. The van der Waals surface area contributed by atoms with Gasteiger partial charge in [0.15, 0.2) is 0 Å². The van der Waals surface area contributed by atoms with Gasteiger partial charge in [-0.15, -0.1) is 0 Å². The van der Waals surface area contributed by atoms with Crippen molar-refractivity contribution in [2.45, 2.75) is 13.3 Å². The third-order valence-corrected chi connectivity index (χ3v) is 4.91. The van der Waals surface area contributed by atoms with Crippen molar-refractivity contribution in [1.82, 2.24) is 0 Å². The van der Waals surface area contributed by atoms with Crippen molar-refractivity contribution >= 4 is 23.2 Å². The van der Waals surface area contributed by atoms with Crippen molar-refractivity contribution in [3.05, 3.63) is 84.4 Å². The summed E-state index contributed by atoms with van der Waals surface area (Å²) in [5.41, 5.74) is 2.60. The fraction of sp³-hybridized carbons (Fsp3) is 0.167. The first-order valence-corrected chi connectivity index (χ1v) is 9.59. The molecule has 3 aromatic rings. The van der Waals surface area contributed by atoms with Crippen molar-refractivity contribution < 1.29 is 14.3 Å². The standard InChI is InChI=1S/C24H22N2O3/c1-17-6-5-7-20(14-17)26-16-18(15-23(26)27)24(28)25-19-10-12-22(13-11-19)29-21-8-3-2-4-9-21/h2-14,18H,15-16H2,1H3,(H,25,28). The minimum absolute atomic E-state index is 0.0256. The molecule has 1 aliphatic rings. The molecule has 146 valence electrons. The Bertz CT molecular complexity index is 1020. The van der Waals surface area contributed by atoms with Crippen LogP contribution in [0.2, 0.25) is 0 Å². The van der Waals surface area contributed by atoms with Crippen LogP contribution >= 0.6 is 0 Å².